The number of nitriles is 1. The Morgan fingerprint density at radius 1 is 1.23 bits per heavy atom. The largest absolute Gasteiger partial charge is 0.342 e. The van der Waals surface area contributed by atoms with Gasteiger partial charge in [0.1, 0.15) is 0 Å². The summed E-state index contributed by atoms with van der Waals surface area (Å²) >= 11 is 0. The molecule has 1 aromatic rings. The third kappa shape index (κ3) is 3.75. The minimum Gasteiger partial charge on any atom is -0.342 e. The highest BCUT2D eigenvalue weighted by molar-refractivity contribution is 5.89. The van der Waals surface area contributed by atoms with E-state index in [4.69, 9.17) is 5.26 Å². The van der Waals surface area contributed by atoms with Gasteiger partial charge < -0.3 is 9.80 Å². The van der Waals surface area contributed by atoms with Crippen molar-refractivity contribution in [2.24, 2.45) is 5.92 Å². The molecule has 3 rings (SSSR count). The lowest BCUT2D eigenvalue weighted by Crippen LogP contribution is -2.45. The predicted molar refractivity (Wildman–Crippen MR) is 99.3 cm³/mol. The summed E-state index contributed by atoms with van der Waals surface area (Å²) in [7, 11) is 0. The van der Waals surface area contributed by atoms with Crippen LogP contribution in [0.2, 0.25) is 0 Å². The number of likely N-dealkylation sites (tertiary alicyclic amines) is 2. The Labute approximate surface area is 155 Å². The lowest BCUT2D eigenvalue weighted by Gasteiger charge is -2.35. The van der Waals surface area contributed by atoms with Crippen molar-refractivity contribution >= 4 is 11.8 Å². The van der Waals surface area contributed by atoms with Crippen molar-refractivity contribution in [3.8, 4) is 6.07 Å². The lowest BCUT2D eigenvalue weighted by atomic mass is 9.88. The maximum absolute atomic E-state index is 12.9. The lowest BCUT2D eigenvalue weighted by molar-refractivity contribution is -0.136. The van der Waals surface area contributed by atoms with E-state index in [1.807, 2.05) is 48.8 Å². The first kappa shape index (κ1) is 18.4. The molecule has 0 spiro atoms. The highest BCUT2D eigenvalue weighted by Crippen LogP contribution is 2.31. The van der Waals surface area contributed by atoms with Crippen molar-refractivity contribution in [2.45, 2.75) is 51.5 Å². The van der Waals surface area contributed by atoms with Gasteiger partial charge in [-0.2, -0.15) is 5.26 Å². The average Bonchev–Trinajstić information content (AvgIpc) is 3.03. The third-order valence-electron chi connectivity index (χ3n) is 5.58. The van der Waals surface area contributed by atoms with Crippen LogP contribution in [0.3, 0.4) is 0 Å². The van der Waals surface area contributed by atoms with Crippen LogP contribution < -0.4 is 0 Å². The summed E-state index contributed by atoms with van der Waals surface area (Å²) in [6.07, 6.45) is 2.15. The Hall–Kier alpha value is -2.35. The molecule has 2 aliphatic rings. The number of benzene rings is 1. The maximum Gasteiger partial charge on any atom is 0.227 e. The molecule has 2 saturated heterocycles. The fourth-order valence-electron chi connectivity index (χ4n) is 4.07. The molecule has 2 amide bonds. The summed E-state index contributed by atoms with van der Waals surface area (Å²) in [5.41, 5.74) is 1.64. The van der Waals surface area contributed by atoms with E-state index < -0.39 is 0 Å². The van der Waals surface area contributed by atoms with E-state index in [2.05, 4.69) is 12.1 Å². The van der Waals surface area contributed by atoms with Gasteiger partial charge in [0, 0.05) is 31.6 Å². The number of piperidine rings is 1. The topological polar surface area (TPSA) is 64.4 Å². The molecule has 0 radical (unpaired) electrons. The van der Waals surface area contributed by atoms with Crippen LogP contribution in [-0.2, 0) is 9.59 Å². The van der Waals surface area contributed by atoms with E-state index in [-0.39, 0.29) is 23.3 Å². The Morgan fingerprint density at radius 3 is 2.50 bits per heavy atom. The van der Waals surface area contributed by atoms with E-state index in [0.29, 0.717) is 24.4 Å². The summed E-state index contributed by atoms with van der Waals surface area (Å²) < 4.78 is 0. The number of rotatable bonds is 2. The van der Waals surface area contributed by atoms with Crippen LogP contribution in [0.5, 0.6) is 0 Å². The fraction of sp³-hybridized carbons (Fsp3) is 0.571. The second-order valence-corrected chi connectivity index (χ2v) is 8.41. The summed E-state index contributed by atoms with van der Waals surface area (Å²) in [6.45, 7) is 8.02. The first-order valence-corrected chi connectivity index (χ1v) is 9.39. The molecule has 0 N–H and O–H groups in total. The minimum absolute atomic E-state index is 0.0825. The molecule has 0 aromatic heterocycles. The SMILES string of the molecule is CC(C)(C)N1CC(C(=O)N2CCC(c3cccc(C#N)c3)CC2)CC1=O. The van der Waals surface area contributed by atoms with Crippen LogP contribution in [0, 0.1) is 17.2 Å². The van der Waals surface area contributed by atoms with Crippen molar-refractivity contribution in [1.82, 2.24) is 9.80 Å². The summed E-state index contributed by atoms with van der Waals surface area (Å²) in [5, 5.41) is 9.06. The molecule has 1 unspecified atom stereocenters. The molecule has 1 aromatic carbocycles. The van der Waals surface area contributed by atoms with Crippen molar-refractivity contribution in [3.05, 3.63) is 35.4 Å². The van der Waals surface area contributed by atoms with E-state index in [9.17, 15) is 9.59 Å². The van der Waals surface area contributed by atoms with Gasteiger partial charge in [0.2, 0.25) is 11.8 Å². The summed E-state index contributed by atoms with van der Waals surface area (Å²) in [5.74, 6) is 0.386. The van der Waals surface area contributed by atoms with Crippen LogP contribution in [0.1, 0.15) is 57.1 Å². The average molecular weight is 353 g/mol. The highest BCUT2D eigenvalue weighted by atomic mass is 16.2. The van der Waals surface area contributed by atoms with Crippen molar-refractivity contribution in [1.29, 1.82) is 5.26 Å². The first-order chi connectivity index (χ1) is 12.3. The smallest absolute Gasteiger partial charge is 0.227 e. The van der Waals surface area contributed by atoms with Gasteiger partial charge in [0.05, 0.1) is 17.6 Å². The second-order valence-electron chi connectivity index (χ2n) is 8.41. The normalized spacial score (nSPS) is 21.8. The zero-order valence-electron chi connectivity index (χ0n) is 15.9. The minimum atomic E-state index is -0.231. The quantitative estimate of drug-likeness (QED) is 0.821. The van der Waals surface area contributed by atoms with Gasteiger partial charge >= 0.3 is 0 Å². The van der Waals surface area contributed by atoms with Crippen molar-refractivity contribution in [2.75, 3.05) is 19.6 Å². The van der Waals surface area contributed by atoms with Crippen molar-refractivity contribution in [3.63, 3.8) is 0 Å². The molecule has 2 aliphatic heterocycles. The first-order valence-electron chi connectivity index (χ1n) is 9.39. The van der Waals surface area contributed by atoms with Gasteiger partial charge in [-0.05, 0) is 57.2 Å². The van der Waals surface area contributed by atoms with Gasteiger partial charge in [-0.1, -0.05) is 12.1 Å². The Morgan fingerprint density at radius 2 is 1.92 bits per heavy atom. The highest BCUT2D eigenvalue weighted by Gasteiger charge is 2.41. The van der Waals surface area contributed by atoms with Gasteiger partial charge in [0.15, 0.2) is 0 Å². The second kappa shape index (κ2) is 7.11. The monoisotopic (exact) mass is 353 g/mol. The molecule has 26 heavy (non-hydrogen) atoms. The summed E-state index contributed by atoms with van der Waals surface area (Å²) in [4.78, 5) is 28.9. The molecular formula is C21H27N3O2. The molecule has 0 aliphatic carbocycles. The van der Waals surface area contributed by atoms with Crippen LogP contribution >= 0.6 is 0 Å². The van der Waals surface area contributed by atoms with Crippen LogP contribution in [0.4, 0.5) is 0 Å². The van der Waals surface area contributed by atoms with E-state index in [1.54, 1.807) is 0 Å². The molecule has 0 bridgehead atoms. The molecule has 5 nitrogen and oxygen atoms in total. The zero-order valence-corrected chi connectivity index (χ0v) is 15.9. The molecule has 1 atom stereocenters. The Kier molecular flexibility index (Phi) is 5.04. The Balaban J connectivity index is 1.59. The van der Waals surface area contributed by atoms with Crippen molar-refractivity contribution < 1.29 is 9.59 Å². The fourth-order valence-corrected chi connectivity index (χ4v) is 4.07. The van der Waals surface area contributed by atoms with Crippen LogP contribution in [0.25, 0.3) is 0 Å². The molecule has 0 saturated carbocycles. The molecule has 138 valence electrons. The van der Waals surface area contributed by atoms with Gasteiger partial charge in [-0.15, -0.1) is 0 Å². The van der Waals surface area contributed by atoms with E-state index >= 15 is 0 Å². The van der Waals surface area contributed by atoms with Gasteiger partial charge in [0.25, 0.3) is 0 Å². The predicted octanol–water partition coefficient (Wildman–Crippen LogP) is 2.91. The number of carbonyl (C=O) groups is 2. The number of hydrogen-bond donors (Lipinski definition) is 0. The molecule has 2 heterocycles. The maximum atomic E-state index is 12.9. The number of nitrogens with zero attached hydrogens (tertiary/aromatic N) is 3. The third-order valence-corrected chi connectivity index (χ3v) is 5.58. The molecular weight excluding hydrogens is 326 g/mol. The van der Waals surface area contributed by atoms with E-state index in [0.717, 1.165) is 25.9 Å². The van der Waals surface area contributed by atoms with Gasteiger partial charge in [-0.25, -0.2) is 0 Å². The number of hydrogen-bond acceptors (Lipinski definition) is 3. The summed E-state index contributed by atoms with van der Waals surface area (Å²) in [6, 6.07) is 9.96. The number of amides is 2. The van der Waals surface area contributed by atoms with Crippen LogP contribution in [0.15, 0.2) is 24.3 Å². The molecule has 5 heteroatoms. The zero-order chi connectivity index (χ0) is 18.9. The van der Waals surface area contributed by atoms with Gasteiger partial charge in [-0.3, -0.25) is 9.59 Å². The van der Waals surface area contributed by atoms with Crippen LogP contribution in [-0.4, -0.2) is 46.8 Å². The standard InChI is InChI=1S/C21H27N3O2/c1-21(2,3)24-14-18(12-19(24)25)20(26)23-9-7-16(8-10-23)17-6-4-5-15(11-17)13-22/h4-6,11,16,18H,7-10,12,14H2,1-3H3. The Bertz CT molecular complexity index is 736. The van der Waals surface area contributed by atoms with E-state index in [1.165, 1.54) is 5.56 Å². The molecule has 2 fully saturated rings. The number of carbonyl (C=O) groups excluding carboxylic acids is 2.